The van der Waals surface area contributed by atoms with E-state index in [9.17, 15) is 4.79 Å². The molecular formula is C16H12ClN3O3. The highest BCUT2D eigenvalue weighted by atomic mass is 35.5. The fraction of sp³-hybridized carbons (Fsp3) is 0.125. The van der Waals surface area contributed by atoms with Crippen LogP contribution in [-0.2, 0) is 4.74 Å². The summed E-state index contributed by atoms with van der Waals surface area (Å²) in [4.78, 5) is 15.9. The van der Waals surface area contributed by atoms with E-state index in [-0.39, 0.29) is 16.6 Å². The molecule has 6 nitrogen and oxygen atoms in total. The van der Waals surface area contributed by atoms with Gasteiger partial charge in [0.15, 0.2) is 6.10 Å². The molecule has 0 N–H and O–H groups in total. The van der Waals surface area contributed by atoms with Crippen molar-refractivity contribution in [1.29, 1.82) is 0 Å². The lowest BCUT2D eigenvalue weighted by Gasteiger charge is -2.09. The summed E-state index contributed by atoms with van der Waals surface area (Å²) in [7, 11) is 0. The molecule has 0 amide bonds. The summed E-state index contributed by atoms with van der Waals surface area (Å²) in [6.07, 6.45) is 0.788. The molecule has 1 aromatic carbocycles. The van der Waals surface area contributed by atoms with Gasteiger partial charge in [0, 0.05) is 11.8 Å². The summed E-state index contributed by atoms with van der Waals surface area (Å²) >= 11 is 5.87. The van der Waals surface area contributed by atoms with Crippen LogP contribution in [0.5, 0.6) is 0 Å². The summed E-state index contributed by atoms with van der Waals surface area (Å²) < 4.78 is 10.8. The topological polar surface area (TPSA) is 78.1 Å². The number of ether oxygens (including phenoxy) is 1. The van der Waals surface area contributed by atoms with E-state index in [1.807, 2.05) is 30.3 Å². The molecular weight excluding hydrogens is 318 g/mol. The first-order valence-electron chi connectivity index (χ1n) is 6.85. The van der Waals surface area contributed by atoms with Crippen LogP contribution in [0.25, 0.3) is 11.5 Å². The van der Waals surface area contributed by atoms with Gasteiger partial charge in [0.1, 0.15) is 5.15 Å². The molecule has 0 saturated heterocycles. The Kier molecular flexibility index (Phi) is 4.34. The molecule has 3 rings (SSSR count). The number of carbonyl (C=O) groups is 1. The van der Waals surface area contributed by atoms with Gasteiger partial charge < -0.3 is 9.15 Å². The number of hydrogen-bond donors (Lipinski definition) is 0. The average Bonchev–Trinajstić information content (AvgIpc) is 3.06. The molecule has 116 valence electrons. The highest BCUT2D eigenvalue weighted by Crippen LogP contribution is 2.23. The van der Waals surface area contributed by atoms with Gasteiger partial charge in [-0.25, -0.2) is 9.78 Å². The van der Waals surface area contributed by atoms with Crippen LogP contribution in [0.4, 0.5) is 0 Å². The standard InChI is InChI=1S/C16H12ClN3O3/c1-10(22-16(21)12-8-5-9-18-13(12)17)14-19-20-15(23-14)11-6-3-2-4-7-11/h2-10H,1H3/t10-/m1/s1. The van der Waals surface area contributed by atoms with Crippen LogP contribution in [0, 0.1) is 0 Å². The molecule has 0 aliphatic heterocycles. The number of benzene rings is 1. The van der Waals surface area contributed by atoms with Gasteiger partial charge >= 0.3 is 5.97 Å². The summed E-state index contributed by atoms with van der Waals surface area (Å²) in [5, 5.41) is 7.96. The number of esters is 1. The second-order valence-corrected chi connectivity index (χ2v) is 5.06. The molecule has 3 aromatic rings. The Balaban J connectivity index is 1.74. The summed E-state index contributed by atoms with van der Waals surface area (Å²) in [5.74, 6) is -0.0322. The Bertz CT molecular complexity index is 820. The first kappa shape index (κ1) is 15.2. The molecule has 0 saturated carbocycles. The fourth-order valence-electron chi connectivity index (χ4n) is 1.91. The van der Waals surface area contributed by atoms with Crippen molar-refractivity contribution in [1.82, 2.24) is 15.2 Å². The Labute approximate surface area is 137 Å². The maximum atomic E-state index is 12.1. The van der Waals surface area contributed by atoms with Crippen LogP contribution in [0.2, 0.25) is 5.15 Å². The maximum absolute atomic E-state index is 12.1. The van der Waals surface area contributed by atoms with Gasteiger partial charge in [-0.1, -0.05) is 29.8 Å². The lowest BCUT2D eigenvalue weighted by molar-refractivity contribution is 0.0279. The number of pyridine rings is 1. The molecule has 7 heteroatoms. The largest absolute Gasteiger partial charge is 0.449 e. The Morgan fingerprint density at radius 3 is 2.70 bits per heavy atom. The van der Waals surface area contributed by atoms with Crippen molar-refractivity contribution >= 4 is 17.6 Å². The molecule has 0 radical (unpaired) electrons. The monoisotopic (exact) mass is 329 g/mol. The highest BCUT2D eigenvalue weighted by Gasteiger charge is 2.21. The summed E-state index contributed by atoms with van der Waals surface area (Å²) in [6, 6.07) is 12.5. The highest BCUT2D eigenvalue weighted by molar-refractivity contribution is 6.32. The van der Waals surface area contributed by atoms with E-state index in [1.54, 1.807) is 13.0 Å². The average molecular weight is 330 g/mol. The van der Waals surface area contributed by atoms with Gasteiger partial charge in [-0.3, -0.25) is 0 Å². The predicted molar refractivity (Wildman–Crippen MR) is 82.8 cm³/mol. The quantitative estimate of drug-likeness (QED) is 0.536. The predicted octanol–water partition coefficient (Wildman–Crippen LogP) is 3.70. The van der Waals surface area contributed by atoms with Crippen LogP contribution >= 0.6 is 11.6 Å². The number of hydrogen-bond acceptors (Lipinski definition) is 6. The molecule has 0 aliphatic rings. The zero-order valence-electron chi connectivity index (χ0n) is 12.1. The number of carbonyl (C=O) groups excluding carboxylic acids is 1. The van der Waals surface area contributed by atoms with Crippen molar-refractivity contribution in [2.45, 2.75) is 13.0 Å². The van der Waals surface area contributed by atoms with E-state index in [0.717, 1.165) is 5.56 Å². The molecule has 0 unspecified atom stereocenters. The van der Waals surface area contributed by atoms with E-state index in [0.29, 0.717) is 5.89 Å². The Hall–Kier alpha value is -2.73. The summed E-state index contributed by atoms with van der Waals surface area (Å²) in [6.45, 7) is 1.64. The van der Waals surface area contributed by atoms with Crippen LogP contribution in [0.3, 0.4) is 0 Å². The smallest absolute Gasteiger partial charge is 0.342 e. The van der Waals surface area contributed by atoms with Crippen LogP contribution < -0.4 is 0 Å². The second kappa shape index (κ2) is 6.58. The normalized spacial score (nSPS) is 11.9. The van der Waals surface area contributed by atoms with Gasteiger partial charge in [-0.2, -0.15) is 0 Å². The van der Waals surface area contributed by atoms with E-state index in [4.69, 9.17) is 20.8 Å². The van der Waals surface area contributed by atoms with Gasteiger partial charge in [0.2, 0.25) is 5.89 Å². The maximum Gasteiger partial charge on any atom is 0.342 e. The minimum absolute atomic E-state index is 0.0835. The molecule has 0 bridgehead atoms. The molecule has 2 heterocycles. The Morgan fingerprint density at radius 2 is 1.96 bits per heavy atom. The number of rotatable bonds is 4. The lowest BCUT2D eigenvalue weighted by Crippen LogP contribution is -2.10. The van der Waals surface area contributed by atoms with Crippen molar-refractivity contribution in [3.63, 3.8) is 0 Å². The second-order valence-electron chi connectivity index (χ2n) is 4.70. The van der Waals surface area contributed by atoms with Crippen molar-refractivity contribution in [2.24, 2.45) is 0 Å². The number of halogens is 1. The SMILES string of the molecule is C[C@@H](OC(=O)c1cccnc1Cl)c1nnc(-c2ccccc2)o1. The van der Waals surface area contributed by atoms with Crippen LogP contribution in [0.15, 0.2) is 53.1 Å². The Morgan fingerprint density at radius 1 is 1.17 bits per heavy atom. The van der Waals surface area contributed by atoms with E-state index in [2.05, 4.69) is 15.2 Å². The third-order valence-corrected chi connectivity index (χ3v) is 3.37. The van der Waals surface area contributed by atoms with Crippen molar-refractivity contribution in [2.75, 3.05) is 0 Å². The first-order valence-corrected chi connectivity index (χ1v) is 7.23. The molecule has 1 atom stereocenters. The van der Waals surface area contributed by atoms with Gasteiger partial charge in [-0.05, 0) is 31.2 Å². The van der Waals surface area contributed by atoms with E-state index >= 15 is 0 Å². The van der Waals surface area contributed by atoms with Gasteiger partial charge in [0.05, 0.1) is 5.56 Å². The molecule has 23 heavy (non-hydrogen) atoms. The minimum atomic E-state index is -0.705. The van der Waals surface area contributed by atoms with Crippen molar-refractivity contribution in [3.8, 4) is 11.5 Å². The lowest BCUT2D eigenvalue weighted by atomic mass is 10.2. The van der Waals surface area contributed by atoms with E-state index < -0.39 is 12.1 Å². The van der Waals surface area contributed by atoms with Crippen LogP contribution in [0.1, 0.15) is 29.3 Å². The minimum Gasteiger partial charge on any atom is -0.449 e. The van der Waals surface area contributed by atoms with Gasteiger partial charge in [-0.15, -0.1) is 10.2 Å². The zero-order valence-corrected chi connectivity index (χ0v) is 12.9. The third-order valence-electron chi connectivity index (χ3n) is 3.07. The van der Waals surface area contributed by atoms with Crippen molar-refractivity contribution < 1.29 is 13.9 Å². The molecule has 0 fully saturated rings. The van der Waals surface area contributed by atoms with Gasteiger partial charge in [0.25, 0.3) is 5.89 Å². The van der Waals surface area contributed by atoms with Crippen molar-refractivity contribution in [3.05, 3.63) is 65.3 Å². The summed E-state index contributed by atoms with van der Waals surface area (Å²) in [5.41, 5.74) is 0.976. The third kappa shape index (κ3) is 3.37. The fourth-order valence-corrected chi connectivity index (χ4v) is 2.11. The molecule has 2 aromatic heterocycles. The first-order chi connectivity index (χ1) is 11.1. The number of nitrogens with zero attached hydrogens (tertiary/aromatic N) is 3. The molecule has 0 aliphatic carbocycles. The van der Waals surface area contributed by atoms with Crippen LogP contribution in [-0.4, -0.2) is 21.2 Å². The van der Waals surface area contributed by atoms with E-state index in [1.165, 1.54) is 12.3 Å². The number of aromatic nitrogens is 3. The zero-order chi connectivity index (χ0) is 16.2. The molecule has 0 spiro atoms.